The first-order valence-electron chi connectivity index (χ1n) is 9.65. The van der Waals surface area contributed by atoms with Gasteiger partial charge >= 0.3 is 0 Å². The Morgan fingerprint density at radius 1 is 1.17 bits per heavy atom. The van der Waals surface area contributed by atoms with Gasteiger partial charge in [-0.05, 0) is 61.4 Å². The third-order valence-corrected chi connectivity index (χ3v) is 4.96. The number of hydrogen-bond acceptors (Lipinski definition) is 4. The van der Waals surface area contributed by atoms with Crippen molar-refractivity contribution in [2.24, 2.45) is 0 Å². The summed E-state index contributed by atoms with van der Waals surface area (Å²) in [6.07, 6.45) is -0.133. The van der Waals surface area contributed by atoms with Crippen molar-refractivity contribution in [3.05, 3.63) is 58.6 Å². The van der Waals surface area contributed by atoms with Gasteiger partial charge in [-0.15, -0.1) is 0 Å². The molecule has 0 aliphatic carbocycles. The van der Waals surface area contributed by atoms with E-state index >= 15 is 0 Å². The van der Waals surface area contributed by atoms with E-state index in [1.807, 2.05) is 32.0 Å². The summed E-state index contributed by atoms with van der Waals surface area (Å²) >= 11 is 5.84. The molecule has 158 valence electrons. The van der Waals surface area contributed by atoms with Crippen molar-refractivity contribution in [1.29, 1.82) is 0 Å². The van der Waals surface area contributed by atoms with Crippen LogP contribution in [-0.2, 0) is 14.4 Å². The molecule has 0 bridgehead atoms. The monoisotopic (exact) mass is 429 g/mol. The number of carbonyl (C=O) groups is 3. The first-order valence-corrected chi connectivity index (χ1v) is 10.0. The van der Waals surface area contributed by atoms with Gasteiger partial charge in [0.15, 0.2) is 6.61 Å². The Balaban J connectivity index is 1.63. The van der Waals surface area contributed by atoms with Crippen LogP contribution in [-0.4, -0.2) is 48.4 Å². The molecule has 2 aromatic carbocycles. The SMILES string of the molecule is Cc1cc(C)cc(NC(=O)C[C@H]2C(=O)NCCN2C(=O)COc2ccc(Cl)cc2)c1. The lowest BCUT2D eigenvalue weighted by molar-refractivity contribution is -0.145. The fourth-order valence-corrected chi connectivity index (χ4v) is 3.54. The van der Waals surface area contributed by atoms with Crippen LogP contribution < -0.4 is 15.4 Å². The van der Waals surface area contributed by atoms with Gasteiger partial charge in [-0.1, -0.05) is 17.7 Å². The quantitative estimate of drug-likeness (QED) is 0.739. The first kappa shape index (κ1) is 21.6. The maximum atomic E-state index is 12.7. The highest BCUT2D eigenvalue weighted by molar-refractivity contribution is 6.30. The largest absolute Gasteiger partial charge is 0.484 e. The topological polar surface area (TPSA) is 87.7 Å². The molecule has 8 heteroatoms. The third kappa shape index (κ3) is 5.73. The van der Waals surface area contributed by atoms with Crippen molar-refractivity contribution < 1.29 is 19.1 Å². The molecule has 3 rings (SSSR count). The number of rotatable bonds is 6. The van der Waals surface area contributed by atoms with Crippen LogP contribution in [0.2, 0.25) is 5.02 Å². The summed E-state index contributed by atoms with van der Waals surface area (Å²) in [5.74, 6) is -0.544. The minimum atomic E-state index is -0.883. The van der Waals surface area contributed by atoms with Crippen LogP contribution >= 0.6 is 11.6 Å². The molecule has 0 radical (unpaired) electrons. The van der Waals surface area contributed by atoms with Gasteiger partial charge in [0.2, 0.25) is 11.8 Å². The van der Waals surface area contributed by atoms with Crippen LogP contribution in [0.15, 0.2) is 42.5 Å². The second-order valence-electron chi connectivity index (χ2n) is 7.27. The van der Waals surface area contributed by atoms with E-state index in [1.54, 1.807) is 24.3 Å². The van der Waals surface area contributed by atoms with Crippen LogP contribution in [0.4, 0.5) is 5.69 Å². The number of hydrogen-bond donors (Lipinski definition) is 2. The minimum absolute atomic E-state index is 0.133. The second kappa shape index (κ2) is 9.63. The fourth-order valence-electron chi connectivity index (χ4n) is 3.41. The molecule has 3 amide bonds. The summed E-state index contributed by atoms with van der Waals surface area (Å²) in [7, 11) is 0. The van der Waals surface area contributed by atoms with Gasteiger partial charge in [0.1, 0.15) is 11.8 Å². The molecule has 1 heterocycles. The lowest BCUT2D eigenvalue weighted by atomic mass is 10.1. The average molecular weight is 430 g/mol. The standard InChI is InChI=1S/C22H24ClN3O4/c1-14-9-15(2)11-17(10-14)25-20(27)12-19-22(29)24-7-8-26(19)21(28)13-30-18-5-3-16(23)4-6-18/h3-6,9-11,19H,7-8,12-13H2,1-2H3,(H,24,29)(H,25,27)/t19-/m0/s1. The molecule has 1 saturated heterocycles. The Labute approximate surface area is 180 Å². The van der Waals surface area contributed by atoms with Crippen LogP contribution in [0.25, 0.3) is 0 Å². The maximum Gasteiger partial charge on any atom is 0.261 e. The fraction of sp³-hybridized carbons (Fsp3) is 0.318. The third-order valence-electron chi connectivity index (χ3n) is 4.71. The Morgan fingerprint density at radius 2 is 1.83 bits per heavy atom. The zero-order valence-corrected chi connectivity index (χ0v) is 17.7. The van der Waals surface area contributed by atoms with Crippen LogP contribution in [0.1, 0.15) is 17.5 Å². The summed E-state index contributed by atoms with van der Waals surface area (Å²) in [4.78, 5) is 39.0. The number of halogens is 1. The van der Waals surface area contributed by atoms with Crippen LogP contribution in [0.3, 0.4) is 0 Å². The molecular weight excluding hydrogens is 406 g/mol. The molecule has 7 nitrogen and oxygen atoms in total. The Hall–Kier alpha value is -3.06. The van der Waals surface area contributed by atoms with Crippen molar-refractivity contribution in [3.8, 4) is 5.75 Å². The first-order chi connectivity index (χ1) is 14.3. The van der Waals surface area contributed by atoms with Crippen LogP contribution in [0, 0.1) is 13.8 Å². The Kier molecular flexibility index (Phi) is 6.95. The zero-order valence-electron chi connectivity index (χ0n) is 16.9. The zero-order chi connectivity index (χ0) is 21.7. The van der Waals surface area contributed by atoms with E-state index in [4.69, 9.17) is 16.3 Å². The van der Waals surface area contributed by atoms with Crippen molar-refractivity contribution in [3.63, 3.8) is 0 Å². The van der Waals surface area contributed by atoms with Gasteiger partial charge in [-0.25, -0.2) is 0 Å². The van der Waals surface area contributed by atoms with E-state index in [0.29, 0.717) is 29.5 Å². The Morgan fingerprint density at radius 3 is 2.50 bits per heavy atom. The van der Waals surface area contributed by atoms with E-state index in [9.17, 15) is 14.4 Å². The number of carbonyl (C=O) groups excluding carboxylic acids is 3. The van der Waals surface area contributed by atoms with Gasteiger partial charge in [-0.3, -0.25) is 14.4 Å². The van der Waals surface area contributed by atoms with Gasteiger partial charge in [0.05, 0.1) is 6.42 Å². The number of aryl methyl sites for hydroxylation is 2. The van der Waals surface area contributed by atoms with Gasteiger partial charge < -0.3 is 20.3 Å². The van der Waals surface area contributed by atoms with Gasteiger partial charge in [-0.2, -0.15) is 0 Å². The number of ether oxygens (including phenoxy) is 1. The van der Waals surface area contributed by atoms with E-state index < -0.39 is 6.04 Å². The normalized spacial score (nSPS) is 16.0. The number of nitrogens with zero attached hydrogens (tertiary/aromatic N) is 1. The smallest absolute Gasteiger partial charge is 0.261 e. The molecule has 0 saturated carbocycles. The maximum absolute atomic E-state index is 12.7. The molecule has 1 fully saturated rings. The summed E-state index contributed by atoms with van der Waals surface area (Å²) in [6, 6.07) is 11.5. The van der Waals surface area contributed by atoms with Crippen molar-refractivity contribution in [2.45, 2.75) is 26.3 Å². The van der Waals surface area contributed by atoms with Crippen molar-refractivity contribution in [1.82, 2.24) is 10.2 Å². The predicted molar refractivity (Wildman–Crippen MR) is 115 cm³/mol. The molecule has 1 atom stereocenters. The van der Waals surface area contributed by atoms with Gasteiger partial charge in [0.25, 0.3) is 5.91 Å². The number of piperazine rings is 1. The molecular formula is C22H24ClN3O4. The lowest BCUT2D eigenvalue weighted by Gasteiger charge is -2.34. The molecule has 0 aromatic heterocycles. The Bertz CT molecular complexity index is 926. The predicted octanol–water partition coefficient (Wildman–Crippen LogP) is 2.69. The van der Waals surface area contributed by atoms with E-state index in [0.717, 1.165) is 11.1 Å². The molecule has 2 N–H and O–H groups in total. The molecule has 0 unspecified atom stereocenters. The highest BCUT2D eigenvalue weighted by Gasteiger charge is 2.34. The highest BCUT2D eigenvalue weighted by atomic mass is 35.5. The summed E-state index contributed by atoms with van der Waals surface area (Å²) in [6.45, 7) is 4.30. The van der Waals surface area contributed by atoms with Gasteiger partial charge in [0, 0.05) is 23.8 Å². The summed E-state index contributed by atoms with van der Waals surface area (Å²) < 4.78 is 5.50. The highest BCUT2D eigenvalue weighted by Crippen LogP contribution is 2.18. The number of nitrogens with one attached hydrogen (secondary N) is 2. The molecule has 1 aliphatic rings. The van der Waals surface area contributed by atoms with E-state index in [-0.39, 0.29) is 30.7 Å². The minimum Gasteiger partial charge on any atom is -0.484 e. The van der Waals surface area contributed by atoms with Crippen molar-refractivity contribution >= 4 is 35.0 Å². The molecule has 1 aliphatic heterocycles. The number of anilines is 1. The number of amides is 3. The molecule has 0 spiro atoms. The summed E-state index contributed by atoms with van der Waals surface area (Å²) in [5, 5.41) is 6.10. The van der Waals surface area contributed by atoms with E-state index in [2.05, 4.69) is 10.6 Å². The van der Waals surface area contributed by atoms with E-state index in [1.165, 1.54) is 4.90 Å². The lowest BCUT2D eigenvalue weighted by Crippen LogP contribution is -2.58. The van der Waals surface area contributed by atoms with Crippen molar-refractivity contribution in [2.75, 3.05) is 25.0 Å². The second-order valence-corrected chi connectivity index (χ2v) is 7.70. The average Bonchev–Trinajstić information content (AvgIpc) is 2.68. The molecule has 2 aromatic rings. The number of benzene rings is 2. The molecule has 30 heavy (non-hydrogen) atoms. The van der Waals surface area contributed by atoms with Crippen LogP contribution in [0.5, 0.6) is 5.75 Å². The summed E-state index contributed by atoms with van der Waals surface area (Å²) in [5.41, 5.74) is 2.71.